The van der Waals surface area contributed by atoms with Crippen molar-refractivity contribution in [2.45, 2.75) is 52.2 Å². The fraction of sp³-hybridized carbons (Fsp3) is 0.514. The Bertz CT molecular complexity index is 1450. The maximum absolute atomic E-state index is 13.3. The summed E-state index contributed by atoms with van der Waals surface area (Å²) >= 11 is 0. The number of hydrogen-bond acceptors (Lipinski definition) is 10. The first kappa shape index (κ1) is 40.0. The molecule has 1 aliphatic rings. The number of esters is 1. The van der Waals surface area contributed by atoms with E-state index in [1.165, 1.54) is 0 Å². The van der Waals surface area contributed by atoms with E-state index in [0.29, 0.717) is 59.3 Å². The van der Waals surface area contributed by atoms with E-state index in [2.05, 4.69) is 22.5 Å². The zero-order chi connectivity index (χ0) is 36.0. The Morgan fingerprint density at radius 1 is 0.680 bits per heavy atom. The summed E-state index contributed by atoms with van der Waals surface area (Å²) in [5, 5.41) is 5.30. The average Bonchev–Trinajstić information content (AvgIpc) is 3.07. The van der Waals surface area contributed by atoms with Crippen molar-refractivity contribution in [3.63, 3.8) is 0 Å². The molecule has 1 heterocycles. The molecular formula is C37H49N3O10. The third-order valence-corrected chi connectivity index (χ3v) is 6.91. The Hall–Kier alpha value is -4.48. The summed E-state index contributed by atoms with van der Waals surface area (Å²) in [7, 11) is 0. The summed E-state index contributed by atoms with van der Waals surface area (Å²) < 4.78 is 31.9. The molecule has 0 radical (unpaired) electrons. The third-order valence-electron chi connectivity index (χ3n) is 6.91. The smallest absolute Gasteiger partial charge is 0.407 e. The summed E-state index contributed by atoms with van der Waals surface area (Å²) in [6, 6.07) is 15.2. The van der Waals surface area contributed by atoms with E-state index in [1.54, 1.807) is 25.7 Å². The number of nitrogens with one attached hydrogen (secondary N) is 2. The number of benzene rings is 2. The van der Waals surface area contributed by atoms with Gasteiger partial charge in [-0.05, 0) is 44.5 Å². The molecular weight excluding hydrogens is 646 g/mol. The minimum Gasteiger partial charge on any atom is -0.464 e. The van der Waals surface area contributed by atoms with Crippen LogP contribution in [0.1, 0.15) is 56.7 Å². The minimum absolute atomic E-state index is 0.00582. The van der Waals surface area contributed by atoms with Crippen LogP contribution >= 0.6 is 0 Å². The second kappa shape index (κ2) is 22.3. The van der Waals surface area contributed by atoms with E-state index >= 15 is 0 Å². The lowest BCUT2D eigenvalue weighted by Crippen LogP contribution is -2.34. The molecule has 3 rings (SSSR count). The normalized spacial score (nSPS) is 11.9. The van der Waals surface area contributed by atoms with Crippen LogP contribution in [-0.2, 0) is 49.3 Å². The maximum atomic E-state index is 13.3. The third kappa shape index (κ3) is 16.3. The van der Waals surface area contributed by atoms with Gasteiger partial charge in [-0.15, -0.1) is 0 Å². The Balaban J connectivity index is 1.14. The molecule has 0 atom stereocenters. The number of para-hydroxylation sites is 1. The van der Waals surface area contributed by atoms with Crippen LogP contribution < -0.4 is 15.5 Å². The first-order valence-corrected chi connectivity index (χ1v) is 16.8. The highest BCUT2D eigenvalue weighted by molar-refractivity contribution is 5.96. The molecule has 2 aromatic rings. The van der Waals surface area contributed by atoms with Crippen molar-refractivity contribution in [2.75, 3.05) is 77.5 Å². The number of carbonyl (C=O) groups excluding carboxylic acids is 4. The highest BCUT2D eigenvalue weighted by Gasteiger charge is 2.22. The molecule has 272 valence electrons. The molecule has 1 aliphatic heterocycles. The summed E-state index contributed by atoms with van der Waals surface area (Å²) in [6.07, 6.45) is -0.374. The van der Waals surface area contributed by atoms with E-state index in [0.717, 1.165) is 22.4 Å². The van der Waals surface area contributed by atoms with Gasteiger partial charge in [0.1, 0.15) is 12.2 Å². The van der Waals surface area contributed by atoms with Crippen LogP contribution in [0.5, 0.6) is 0 Å². The predicted octanol–water partition coefficient (Wildman–Crippen LogP) is 3.35. The first-order valence-electron chi connectivity index (χ1n) is 16.8. The highest BCUT2D eigenvalue weighted by atomic mass is 16.6. The standard InChI is InChI=1S/C37H49N3O10/c1-37(2,3)50-36(44)39-17-20-46-23-25-48-27-26-47-24-22-45-19-16-35(43)49-21-18-38-33(41)14-15-34(42)40-28-31-10-5-4-8-29(31)12-13-30-9-6-7-11-32(30)40/h4-11H,14-28H2,1-3H3,(H,38,41)(H,39,44). The zero-order valence-corrected chi connectivity index (χ0v) is 29.3. The van der Waals surface area contributed by atoms with Gasteiger partial charge in [0, 0.05) is 30.5 Å². The van der Waals surface area contributed by atoms with Gasteiger partial charge >= 0.3 is 12.1 Å². The maximum Gasteiger partial charge on any atom is 0.407 e. The number of fused-ring (bicyclic) bond motifs is 2. The van der Waals surface area contributed by atoms with E-state index in [4.69, 9.17) is 28.4 Å². The van der Waals surface area contributed by atoms with Gasteiger partial charge in [0.05, 0.1) is 78.1 Å². The Kier molecular flexibility index (Phi) is 17.8. The van der Waals surface area contributed by atoms with Gasteiger partial charge < -0.3 is 44.0 Å². The predicted molar refractivity (Wildman–Crippen MR) is 185 cm³/mol. The van der Waals surface area contributed by atoms with Gasteiger partial charge in [-0.2, -0.15) is 0 Å². The largest absolute Gasteiger partial charge is 0.464 e. The molecule has 50 heavy (non-hydrogen) atoms. The molecule has 0 saturated carbocycles. The molecule has 3 amide bonds. The van der Waals surface area contributed by atoms with E-state index < -0.39 is 17.7 Å². The number of nitrogens with zero attached hydrogens (tertiary/aromatic N) is 1. The number of carbonyl (C=O) groups is 4. The van der Waals surface area contributed by atoms with E-state index in [1.807, 2.05) is 48.5 Å². The fourth-order valence-electron chi connectivity index (χ4n) is 4.54. The molecule has 0 unspecified atom stereocenters. The molecule has 0 saturated heterocycles. The van der Waals surface area contributed by atoms with Crippen LogP contribution in [0.15, 0.2) is 48.5 Å². The van der Waals surface area contributed by atoms with Gasteiger partial charge in [0.25, 0.3) is 0 Å². The van der Waals surface area contributed by atoms with Gasteiger partial charge in [-0.25, -0.2) is 4.79 Å². The molecule has 2 N–H and O–H groups in total. The SMILES string of the molecule is CC(C)(C)OC(=O)NCCOCCOCCOCCOCCC(=O)OCCNC(=O)CCC(=O)N1Cc2ccccc2C#Cc2ccccc21. The number of anilines is 1. The summed E-state index contributed by atoms with van der Waals surface area (Å²) in [4.78, 5) is 50.8. The van der Waals surface area contributed by atoms with Crippen LogP contribution in [-0.4, -0.2) is 102 Å². The van der Waals surface area contributed by atoms with Gasteiger partial charge in [0.15, 0.2) is 0 Å². The summed E-state index contributed by atoms with van der Waals surface area (Å²) in [5.74, 6) is 5.43. The lowest BCUT2D eigenvalue weighted by atomic mass is 10.0. The van der Waals surface area contributed by atoms with E-state index in [9.17, 15) is 19.2 Å². The minimum atomic E-state index is -0.536. The second-order valence-electron chi connectivity index (χ2n) is 12.1. The van der Waals surface area contributed by atoms with Crippen LogP contribution in [0.25, 0.3) is 0 Å². The molecule has 0 aromatic heterocycles. The molecule has 13 nitrogen and oxygen atoms in total. The van der Waals surface area contributed by atoms with Crippen molar-refractivity contribution in [3.05, 3.63) is 65.2 Å². The monoisotopic (exact) mass is 695 g/mol. The van der Waals surface area contributed by atoms with Crippen LogP contribution in [0.2, 0.25) is 0 Å². The topological polar surface area (TPSA) is 151 Å². The van der Waals surface area contributed by atoms with Gasteiger partial charge in [0.2, 0.25) is 11.8 Å². The number of hydrogen-bond donors (Lipinski definition) is 2. The number of ether oxygens (including phenoxy) is 6. The van der Waals surface area contributed by atoms with Gasteiger partial charge in [-0.3, -0.25) is 14.4 Å². The lowest BCUT2D eigenvalue weighted by molar-refractivity contribution is -0.145. The Morgan fingerprint density at radius 3 is 1.96 bits per heavy atom. The quantitative estimate of drug-likeness (QED) is 0.113. The van der Waals surface area contributed by atoms with Crippen molar-refractivity contribution >= 4 is 29.6 Å². The van der Waals surface area contributed by atoms with Crippen molar-refractivity contribution in [1.82, 2.24) is 10.6 Å². The lowest BCUT2D eigenvalue weighted by Gasteiger charge is -2.26. The zero-order valence-electron chi connectivity index (χ0n) is 29.3. The second-order valence-corrected chi connectivity index (χ2v) is 12.1. The number of amides is 3. The molecule has 0 aliphatic carbocycles. The van der Waals surface area contributed by atoms with E-state index in [-0.39, 0.29) is 50.8 Å². The van der Waals surface area contributed by atoms with Crippen molar-refractivity contribution in [3.8, 4) is 11.8 Å². The molecule has 0 bridgehead atoms. The summed E-state index contributed by atoms with van der Waals surface area (Å²) in [5.41, 5.74) is 2.75. The van der Waals surface area contributed by atoms with Crippen molar-refractivity contribution in [2.24, 2.45) is 0 Å². The Labute approximate surface area is 294 Å². The van der Waals surface area contributed by atoms with Gasteiger partial charge in [-0.1, -0.05) is 42.2 Å². The van der Waals surface area contributed by atoms with Crippen molar-refractivity contribution in [1.29, 1.82) is 0 Å². The molecule has 0 spiro atoms. The highest BCUT2D eigenvalue weighted by Crippen LogP contribution is 2.26. The first-order chi connectivity index (χ1) is 24.1. The fourth-order valence-corrected chi connectivity index (χ4v) is 4.54. The molecule has 13 heteroatoms. The summed E-state index contributed by atoms with van der Waals surface area (Å²) in [6.45, 7) is 9.06. The molecule has 0 fully saturated rings. The molecule has 2 aromatic carbocycles. The Morgan fingerprint density at radius 2 is 1.26 bits per heavy atom. The number of rotatable bonds is 21. The average molecular weight is 696 g/mol. The van der Waals surface area contributed by atoms with Crippen LogP contribution in [0.4, 0.5) is 10.5 Å². The van der Waals surface area contributed by atoms with Crippen molar-refractivity contribution < 1.29 is 47.6 Å². The number of alkyl carbamates (subject to hydrolysis) is 1. The van der Waals surface area contributed by atoms with Crippen LogP contribution in [0, 0.1) is 11.8 Å². The van der Waals surface area contributed by atoms with Crippen LogP contribution in [0.3, 0.4) is 0 Å².